The van der Waals surface area contributed by atoms with Crippen molar-refractivity contribution in [3.05, 3.63) is 23.4 Å². The molecule has 1 fully saturated rings. The SMILES string of the molecule is CC(C)(C)OC(=O)N1CCCN2c3nccc(CCC(F)(F)F)c3CCC2C1. The minimum atomic E-state index is -4.16. The van der Waals surface area contributed by atoms with Crippen LogP contribution in [0.25, 0.3) is 0 Å². The third-order valence-electron chi connectivity index (χ3n) is 5.16. The van der Waals surface area contributed by atoms with Crippen molar-refractivity contribution in [3.8, 4) is 0 Å². The number of halogens is 3. The highest BCUT2D eigenvalue weighted by Gasteiger charge is 2.35. The lowest BCUT2D eigenvalue weighted by molar-refractivity contribution is -0.134. The molecule has 156 valence electrons. The number of pyridine rings is 1. The van der Waals surface area contributed by atoms with Crippen LogP contribution in [0.4, 0.5) is 23.8 Å². The Balaban J connectivity index is 1.76. The molecular formula is C20H28F3N3O2. The molecule has 1 aromatic heterocycles. The molecule has 1 unspecified atom stereocenters. The average Bonchev–Trinajstić information content (AvgIpc) is 2.80. The number of carbonyl (C=O) groups excluding carboxylic acids is 1. The molecule has 2 aliphatic rings. The number of fused-ring (bicyclic) bond motifs is 3. The summed E-state index contributed by atoms with van der Waals surface area (Å²) in [5.41, 5.74) is 1.11. The van der Waals surface area contributed by atoms with Crippen LogP contribution >= 0.6 is 0 Å². The summed E-state index contributed by atoms with van der Waals surface area (Å²) in [5, 5.41) is 0. The Hall–Kier alpha value is -1.99. The highest BCUT2D eigenvalue weighted by molar-refractivity contribution is 5.68. The van der Waals surface area contributed by atoms with Gasteiger partial charge < -0.3 is 14.5 Å². The number of aryl methyl sites for hydroxylation is 1. The maximum atomic E-state index is 12.7. The van der Waals surface area contributed by atoms with Gasteiger partial charge in [-0.3, -0.25) is 0 Å². The van der Waals surface area contributed by atoms with Crippen LogP contribution in [0.1, 0.15) is 51.2 Å². The van der Waals surface area contributed by atoms with E-state index in [9.17, 15) is 18.0 Å². The summed E-state index contributed by atoms with van der Waals surface area (Å²) in [5.74, 6) is 0.780. The van der Waals surface area contributed by atoms with Crippen molar-refractivity contribution in [1.29, 1.82) is 0 Å². The zero-order valence-corrected chi connectivity index (χ0v) is 16.7. The topological polar surface area (TPSA) is 45.7 Å². The van der Waals surface area contributed by atoms with Crippen LogP contribution in [0.15, 0.2) is 12.3 Å². The van der Waals surface area contributed by atoms with E-state index < -0.39 is 18.2 Å². The lowest BCUT2D eigenvalue weighted by atomic mass is 9.93. The first-order chi connectivity index (χ1) is 13.0. The van der Waals surface area contributed by atoms with Gasteiger partial charge in [0.2, 0.25) is 0 Å². The molecule has 3 heterocycles. The van der Waals surface area contributed by atoms with Crippen molar-refractivity contribution in [2.24, 2.45) is 0 Å². The molecule has 0 aromatic carbocycles. The monoisotopic (exact) mass is 399 g/mol. The molecule has 8 heteroatoms. The molecule has 3 rings (SSSR count). The fraction of sp³-hybridized carbons (Fsp3) is 0.700. The third-order valence-corrected chi connectivity index (χ3v) is 5.16. The van der Waals surface area contributed by atoms with Gasteiger partial charge in [-0.05, 0) is 63.6 Å². The zero-order valence-electron chi connectivity index (χ0n) is 16.7. The lowest BCUT2D eigenvalue weighted by Gasteiger charge is -2.38. The Labute approximate surface area is 163 Å². The molecule has 5 nitrogen and oxygen atoms in total. The third kappa shape index (κ3) is 5.08. The number of rotatable bonds is 2. The van der Waals surface area contributed by atoms with E-state index in [0.717, 1.165) is 36.3 Å². The highest BCUT2D eigenvalue weighted by Crippen LogP contribution is 2.34. The van der Waals surface area contributed by atoms with Crippen molar-refractivity contribution >= 4 is 11.9 Å². The number of carbonyl (C=O) groups is 1. The van der Waals surface area contributed by atoms with E-state index in [1.54, 1.807) is 17.2 Å². The summed E-state index contributed by atoms with van der Waals surface area (Å²) in [6.07, 6.45) is -1.48. The van der Waals surface area contributed by atoms with Gasteiger partial charge in [0.15, 0.2) is 0 Å². The minimum absolute atomic E-state index is 0.0170. The second-order valence-electron chi connectivity index (χ2n) is 8.55. The van der Waals surface area contributed by atoms with E-state index in [1.807, 2.05) is 20.8 Å². The minimum Gasteiger partial charge on any atom is -0.444 e. The van der Waals surface area contributed by atoms with Crippen LogP contribution in [-0.4, -0.2) is 53.4 Å². The fourth-order valence-corrected chi connectivity index (χ4v) is 3.94. The predicted molar refractivity (Wildman–Crippen MR) is 100 cm³/mol. The molecule has 0 bridgehead atoms. The van der Waals surface area contributed by atoms with Crippen molar-refractivity contribution < 1.29 is 22.7 Å². The lowest BCUT2D eigenvalue weighted by Crippen LogP contribution is -2.47. The molecule has 1 aromatic rings. The van der Waals surface area contributed by atoms with E-state index in [2.05, 4.69) is 9.88 Å². The smallest absolute Gasteiger partial charge is 0.410 e. The Morgan fingerprint density at radius 3 is 2.71 bits per heavy atom. The average molecular weight is 399 g/mol. The summed E-state index contributed by atoms with van der Waals surface area (Å²) in [6.45, 7) is 7.41. The number of anilines is 1. The number of aromatic nitrogens is 1. The Bertz CT molecular complexity index is 716. The normalized spacial score (nSPS) is 20.3. The standard InChI is InChI=1S/C20H28F3N3O2/c1-19(2,3)28-18(27)25-11-4-12-26-15(13-25)5-6-16-14(7-9-20(21,22)23)8-10-24-17(16)26/h8,10,15H,4-7,9,11-13H2,1-3H3. The largest absolute Gasteiger partial charge is 0.444 e. The summed E-state index contributed by atoms with van der Waals surface area (Å²) < 4.78 is 43.5. The Morgan fingerprint density at radius 2 is 2.04 bits per heavy atom. The first-order valence-electron chi connectivity index (χ1n) is 9.81. The van der Waals surface area contributed by atoms with Crippen LogP contribution < -0.4 is 4.90 Å². The number of nitrogens with zero attached hydrogens (tertiary/aromatic N) is 3. The van der Waals surface area contributed by atoms with Gasteiger partial charge in [0.05, 0.1) is 0 Å². The molecule has 0 N–H and O–H groups in total. The molecule has 0 aliphatic carbocycles. The number of hydrogen-bond donors (Lipinski definition) is 0. The molecule has 0 radical (unpaired) electrons. The van der Waals surface area contributed by atoms with Gasteiger partial charge in [-0.15, -0.1) is 0 Å². The van der Waals surface area contributed by atoms with E-state index >= 15 is 0 Å². The van der Waals surface area contributed by atoms with Gasteiger partial charge >= 0.3 is 12.3 Å². The Morgan fingerprint density at radius 1 is 1.29 bits per heavy atom. The van der Waals surface area contributed by atoms with Gasteiger partial charge in [0.25, 0.3) is 0 Å². The van der Waals surface area contributed by atoms with Crippen LogP contribution in [0.2, 0.25) is 0 Å². The molecule has 1 saturated heterocycles. The van der Waals surface area contributed by atoms with E-state index in [4.69, 9.17) is 4.74 Å². The molecular weight excluding hydrogens is 371 g/mol. The summed E-state index contributed by atoms with van der Waals surface area (Å²) in [7, 11) is 0. The predicted octanol–water partition coefficient (Wildman–Crippen LogP) is 4.34. The molecule has 1 amide bonds. The second-order valence-corrected chi connectivity index (χ2v) is 8.55. The summed E-state index contributed by atoms with van der Waals surface area (Å²) >= 11 is 0. The van der Waals surface area contributed by atoms with E-state index in [0.29, 0.717) is 19.5 Å². The van der Waals surface area contributed by atoms with Crippen LogP contribution in [-0.2, 0) is 17.6 Å². The van der Waals surface area contributed by atoms with Crippen LogP contribution in [0.5, 0.6) is 0 Å². The molecule has 0 saturated carbocycles. The highest BCUT2D eigenvalue weighted by atomic mass is 19.4. The molecule has 2 aliphatic heterocycles. The van der Waals surface area contributed by atoms with Gasteiger partial charge in [-0.1, -0.05) is 0 Å². The van der Waals surface area contributed by atoms with E-state index in [1.165, 1.54) is 0 Å². The van der Waals surface area contributed by atoms with Crippen molar-refractivity contribution in [3.63, 3.8) is 0 Å². The molecule has 1 atom stereocenters. The number of amides is 1. The number of ether oxygens (including phenoxy) is 1. The first kappa shape index (κ1) is 20.7. The van der Waals surface area contributed by atoms with Crippen molar-refractivity contribution in [2.45, 2.75) is 70.7 Å². The fourth-order valence-electron chi connectivity index (χ4n) is 3.94. The van der Waals surface area contributed by atoms with Crippen LogP contribution in [0.3, 0.4) is 0 Å². The first-order valence-corrected chi connectivity index (χ1v) is 9.81. The zero-order chi connectivity index (χ0) is 20.5. The second kappa shape index (κ2) is 7.79. The van der Waals surface area contributed by atoms with Crippen molar-refractivity contribution in [1.82, 2.24) is 9.88 Å². The number of hydrogen-bond acceptors (Lipinski definition) is 4. The summed E-state index contributed by atoms with van der Waals surface area (Å²) in [4.78, 5) is 20.9. The Kier molecular flexibility index (Phi) is 5.77. The molecule has 28 heavy (non-hydrogen) atoms. The summed E-state index contributed by atoms with van der Waals surface area (Å²) in [6, 6.07) is 1.81. The van der Waals surface area contributed by atoms with Gasteiger partial charge in [-0.2, -0.15) is 13.2 Å². The number of alkyl halides is 3. The van der Waals surface area contributed by atoms with E-state index in [-0.39, 0.29) is 18.6 Å². The van der Waals surface area contributed by atoms with Crippen molar-refractivity contribution in [2.75, 3.05) is 24.5 Å². The maximum absolute atomic E-state index is 12.7. The quantitative estimate of drug-likeness (QED) is 0.742. The van der Waals surface area contributed by atoms with Crippen LogP contribution in [0, 0.1) is 0 Å². The maximum Gasteiger partial charge on any atom is 0.410 e. The van der Waals surface area contributed by atoms with Gasteiger partial charge in [0.1, 0.15) is 11.4 Å². The van der Waals surface area contributed by atoms with Gasteiger partial charge in [-0.25, -0.2) is 9.78 Å². The van der Waals surface area contributed by atoms with Gasteiger partial charge in [0, 0.05) is 38.3 Å². The molecule has 0 spiro atoms.